The van der Waals surface area contributed by atoms with E-state index in [-0.39, 0.29) is 13.0 Å². The lowest BCUT2D eigenvalue weighted by Crippen LogP contribution is -2.26. The Morgan fingerprint density at radius 3 is 2.52 bits per heavy atom. The highest BCUT2D eigenvalue weighted by Crippen LogP contribution is 2.26. The lowest BCUT2D eigenvalue weighted by molar-refractivity contribution is -0.145. The topological polar surface area (TPSA) is 101 Å². The van der Waals surface area contributed by atoms with Crippen LogP contribution in [0.2, 0.25) is 0 Å². The highest BCUT2D eigenvalue weighted by Gasteiger charge is 2.23. The standard InChI is InChI=1S/C24H32N4O4.CH4/c1-15-12-18(14-27(5)23(15)30)22-25-20-13-17(6-8-19(16(2)29)24(31)32)7-9-21(20)28(22)11-10-26(3)4;/h7,9,12-14,16,19,29H,6,8,10-11H2,1-5H3,(H,31,32);1H4/t16-,19+;/m1./s1. The molecule has 33 heavy (non-hydrogen) atoms. The van der Waals surface area contributed by atoms with Gasteiger partial charge >= 0.3 is 5.97 Å². The third-order valence-corrected chi connectivity index (χ3v) is 5.85. The van der Waals surface area contributed by atoms with Crippen LogP contribution in [0.25, 0.3) is 22.4 Å². The fraction of sp³-hybridized carbons (Fsp3) is 0.480. The highest BCUT2D eigenvalue weighted by molar-refractivity contribution is 5.81. The molecule has 0 bridgehead atoms. The molecule has 3 rings (SSSR count). The Labute approximate surface area is 195 Å². The first-order valence-electron chi connectivity index (χ1n) is 10.8. The summed E-state index contributed by atoms with van der Waals surface area (Å²) in [5, 5.41) is 19.1. The second-order valence-electron chi connectivity index (χ2n) is 8.77. The number of aliphatic hydroxyl groups excluding tert-OH is 1. The molecule has 0 saturated carbocycles. The number of hydrogen-bond donors (Lipinski definition) is 2. The Kier molecular flexibility index (Phi) is 8.57. The summed E-state index contributed by atoms with van der Waals surface area (Å²) in [7, 11) is 5.79. The Bertz CT molecular complexity index is 1150. The quantitative estimate of drug-likeness (QED) is 0.514. The van der Waals surface area contributed by atoms with Crippen molar-refractivity contribution >= 4 is 17.0 Å². The van der Waals surface area contributed by atoms with Crippen LogP contribution in [-0.2, 0) is 24.8 Å². The first-order chi connectivity index (χ1) is 15.1. The fourth-order valence-electron chi connectivity index (χ4n) is 3.97. The lowest BCUT2D eigenvalue weighted by atomic mass is 9.95. The second kappa shape index (κ2) is 10.8. The molecule has 0 radical (unpaired) electrons. The van der Waals surface area contributed by atoms with Crippen LogP contribution in [0.3, 0.4) is 0 Å². The van der Waals surface area contributed by atoms with Gasteiger partial charge in [-0.1, -0.05) is 13.5 Å². The minimum absolute atomic E-state index is 0. The third-order valence-electron chi connectivity index (χ3n) is 5.85. The van der Waals surface area contributed by atoms with E-state index >= 15 is 0 Å². The van der Waals surface area contributed by atoms with E-state index in [1.807, 2.05) is 44.6 Å². The van der Waals surface area contributed by atoms with Crippen molar-refractivity contribution in [2.24, 2.45) is 13.0 Å². The van der Waals surface area contributed by atoms with Crippen molar-refractivity contribution < 1.29 is 15.0 Å². The van der Waals surface area contributed by atoms with Crippen molar-refractivity contribution in [3.63, 3.8) is 0 Å². The Balaban J connectivity index is 0.00000385. The van der Waals surface area contributed by atoms with Crippen molar-refractivity contribution in [2.75, 3.05) is 20.6 Å². The normalized spacial score (nSPS) is 13.2. The van der Waals surface area contributed by atoms with E-state index < -0.39 is 18.0 Å². The molecule has 0 aliphatic carbocycles. The smallest absolute Gasteiger partial charge is 0.309 e. The molecule has 0 saturated heterocycles. The van der Waals surface area contributed by atoms with Gasteiger partial charge in [0.25, 0.3) is 5.56 Å². The molecule has 0 unspecified atom stereocenters. The number of pyridine rings is 1. The van der Waals surface area contributed by atoms with Gasteiger partial charge in [-0.3, -0.25) is 9.59 Å². The van der Waals surface area contributed by atoms with E-state index in [9.17, 15) is 19.8 Å². The maximum absolute atomic E-state index is 12.2. The first kappa shape index (κ1) is 26.3. The highest BCUT2D eigenvalue weighted by atomic mass is 16.4. The summed E-state index contributed by atoms with van der Waals surface area (Å²) in [5.74, 6) is -0.987. The van der Waals surface area contributed by atoms with Gasteiger partial charge in [-0.2, -0.15) is 0 Å². The number of rotatable bonds is 9. The number of carbonyl (C=O) groups is 1. The van der Waals surface area contributed by atoms with Crippen LogP contribution >= 0.6 is 0 Å². The Morgan fingerprint density at radius 2 is 1.94 bits per heavy atom. The number of nitrogens with zero attached hydrogens (tertiary/aromatic N) is 4. The van der Waals surface area contributed by atoms with E-state index in [0.717, 1.165) is 41.1 Å². The molecule has 0 spiro atoms. The SMILES string of the molecule is C.Cc1cc(-c2nc3cc(CC[C@H](C(=O)O)[C@@H](C)O)ccc3n2CCN(C)C)cn(C)c1=O. The summed E-state index contributed by atoms with van der Waals surface area (Å²) in [5.41, 5.74) is 4.30. The number of aliphatic hydroxyl groups is 1. The number of fused-ring (bicyclic) bond motifs is 1. The van der Waals surface area contributed by atoms with Crippen LogP contribution in [0.15, 0.2) is 35.3 Å². The molecule has 0 aliphatic rings. The average Bonchev–Trinajstić information content (AvgIpc) is 3.07. The summed E-state index contributed by atoms with van der Waals surface area (Å²) in [4.78, 5) is 30.5. The molecule has 0 aliphatic heterocycles. The van der Waals surface area contributed by atoms with Gasteiger partial charge in [0.05, 0.1) is 23.1 Å². The van der Waals surface area contributed by atoms with Crippen molar-refractivity contribution in [3.8, 4) is 11.4 Å². The van der Waals surface area contributed by atoms with Crippen molar-refractivity contribution in [3.05, 3.63) is 51.9 Å². The average molecular weight is 457 g/mol. The van der Waals surface area contributed by atoms with Crippen molar-refractivity contribution in [1.82, 2.24) is 19.0 Å². The largest absolute Gasteiger partial charge is 0.481 e. The predicted molar refractivity (Wildman–Crippen MR) is 132 cm³/mol. The van der Waals surface area contributed by atoms with Crippen LogP contribution in [-0.4, -0.2) is 61.9 Å². The number of carboxylic acids is 1. The van der Waals surface area contributed by atoms with Gasteiger partial charge in [-0.25, -0.2) is 4.98 Å². The van der Waals surface area contributed by atoms with Crippen LogP contribution < -0.4 is 5.56 Å². The van der Waals surface area contributed by atoms with E-state index in [1.54, 1.807) is 18.5 Å². The third kappa shape index (κ3) is 5.89. The molecule has 0 fully saturated rings. The molecule has 8 heteroatoms. The summed E-state index contributed by atoms with van der Waals surface area (Å²) in [6.45, 7) is 4.89. The van der Waals surface area contributed by atoms with Gasteiger partial charge in [-0.15, -0.1) is 0 Å². The summed E-state index contributed by atoms with van der Waals surface area (Å²) in [6.07, 6.45) is 1.80. The molecule has 180 valence electrons. The molecule has 3 aromatic rings. The lowest BCUT2D eigenvalue weighted by Gasteiger charge is -2.15. The van der Waals surface area contributed by atoms with Crippen LogP contribution in [0.5, 0.6) is 0 Å². The maximum Gasteiger partial charge on any atom is 0.309 e. The zero-order chi connectivity index (χ0) is 23.6. The number of likely N-dealkylation sites (N-methyl/N-ethyl adjacent to an activating group) is 1. The second-order valence-corrected chi connectivity index (χ2v) is 8.77. The minimum atomic E-state index is -0.985. The molecule has 1 aromatic carbocycles. The van der Waals surface area contributed by atoms with E-state index in [2.05, 4.69) is 9.47 Å². The molecule has 0 amide bonds. The number of aryl methyl sites for hydroxylation is 3. The molecule has 2 atom stereocenters. The van der Waals surface area contributed by atoms with Gasteiger partial charge in [-0.05, 0) is 64.5 Å². The Morgan fingerprint density at radius 1 is 1.24 bits per heavy atom. The number of benzene rings is 1. The summed E-state index contributed by atoms with van der Waals surface area (Å²) < 4.78 is 3.74. The molecule has 2 N–H and O–H groups in total. The van der Waals surface area contributed by atoms with Gasteiger partial charge in [0, 0.05) is 37.5 Å². The fourth-order valence-corrected chi connectivity index (χ4v) is 3.97. The number of aliphatic carboxylic acids is 1. The minimum Gasteiger partial charge on any atom is -0.481 e. The van der Waals surface area contributed by atoms with Crippen molar-refractivity contribution in [1.29, 1.82) is 0 Å². The Hall–Kier alpha value is -2.97. The van der Waals surface area contributed by atoms with E-state index in [1.165, 1.54) is 6.92 Å². The van der Waals surface area contributed by atoms with Crippen molar-refractivity contribution in [2.45, 2.75) is 46.8 Å². The first-order valence-corrected chi connectivity index (χ1v) is 10.8. The zero-order valence-corrected chi connectivity index (χ0v) is 19.4. The van der Waals surface area contributed by atoms with Crippen LogP contribution in [0.4, 0.5) is 0 Å². The molecular formula is C25H36N4O4. The van der Waals surface area contributed by atoms with Gasteiger partial charge in [0.2, 0.25) is 0 Å². The number of aromatic nitrogens is 3. The molecule has 2 aromatic heterocycles. The summed E-state index contributed by atoms with van der Waals surface area (Å²) in [6, 6.07) is 7.87. The van der Waals surface area contributed by atoms with Crippen LogP contribution in [0, 0.1) is 12.8 Å². The zero-order valence-electron chi connectivity index (χ0n) is 19.4. The van der Waals surface area contributed by atoms with E-state index in [4.69, 9.17) is 4.98 Å². The number of imidazole rings is 1. The van der Waals surface area contributed by atoms with Gasteiger partial charge in [0.15, 0.2) is 0 Å². The number of hydrogen-bond acceptors (Lipinski definition) is 5. The summed E-state index contributed by atoms with van der Waals surface area (Å²) >= 11 is 0. The maximum atomic E-state index is 12.2. The van der Waals surface area contributed by atoms with Crippen LogP contribution in [0.1, 0.15) is 31.9 Å². The van der Waals surface area contributed by atoms with Gasteiger partial charge < -0.3 is 24.2 Å². The number of carboxylic acid groups (broad SMARTS) is 1. The van der Waals surface area contributed by atoms with Gasteiger partial charge in [0.1, 0.15) is 5.82 Å². The van der Waals surface area contributed by atoms with E-state index in [0.29, 0.717) is 18.4 Å². The molecule has 8 nitrogen and oxygen atoms in total. The molecular weight excluding hydrogens is 420 g/mol. The monoisotopic (exact) mass is 456 g/mol. The predicted octanol–water partition coefficient (Wildman–Crippen LogP) is 2.92. The molecule has 2 heterocycles.